The summed E-state index contributed by atoms with van der Waals surface area (Å²) in [5, 5.41) is 11.8. The summed E-state index contributed by atoms with van der Waals surface area (Å²) in [6.45, 7) is 6.02. The van der Waals surface area contributed by atoms with Gasteiger partial charge >= 0.3 is 0 Å². The Morgan fingerprint density at radius 2 is 2.15 bits per heavy atom. The zero-order valence-electron chi connectivity index (χ0n) is 12.8. The number of nitrogens with one attached hydrogen (secondary N) is 1. The first-order valence-corrected chi connectivity index (χ1v) is 8.00. The van der Waals surface area contributed by atoms with Crippen molar-refractivity contribution in [3.63, 3.8) is 0 Å². The maximum atomic E-state index is 5.75. The lowest BCUT2D eigenvalue weighted by Gasteiger charge is -2.14. The SMILES string of the molecule is CCCCC(CC)COc1ccc(CNC2CC2)nn1. The van der Waals surface area contributed by atoms with Crippen molar-refractivity contribution in [1.82, 2.24) is 15.5 Å². The van der Waals surface area contributed by atoms with Gasteiger partial charge in [0, 0.05) is 18.7 Å². The van der Waals surface area contributed by atoms with Crippen LogP contribution in [0.3, 0.4) is 0 Å². The molecule has 0 saturated heterocycles. The molecule has 0 spiro atoms. The van der Waals surface area contributed by atoms with Crippen LogP contribution in [0.25, 0.3) is 0 Å². The van der Waals surface area contributed by atoms with E-state index in [1.165, 1.54) is 32.1 Å². The number of ether oxygens (including phenoxy) is 1. The molecular formula is C16H27N3O. The molecule has 1 aromatic heterocycles. The lowest BCUT2D eigenvalue weighted by Crippen LogP contribution is -2.17. The molecule has 0 aliphatic heterocycles. The number of hydrogen-bond donors (Lipinski definition) is 1. The first-order valence-electron chi connectivity index (χ1n) is 8.00. The molecule has 1 saturated carbocycles. The third-order valence-electron chi connectivity index (χ3n) is 3.85. The second-order valence-electron chi connectivity index (χ2n) is 5.75. The lowest BCUT2D eigenvalue weighted by atomic mass is 10.0. The molecule has 1 N–H and O–H groups in total. The van der Waals surface area contributed by atoms with E-state index in [2.05, 4.69) is 29.4 Å². The van der Waals surface area contributed by atoms with Crippen LogP contribution in [0, 0.1) is 5.92 Å². The van der Waals surface area contributed by atoms with Crippen LogP contribution in [-0.2, 0) is 6.54 Å². The number of unbranched alkanes of at least 4 members (excludes halogenated alkanes) is 1. The van der Waals surface area contributed by atoms with Gasteiger partial charge in [0.25, 0.3) is 0 Å². The fraction of sp³-hybridized carbons (Fsp3) is 0.750. The molecule has 0 aromatic carbocycles. The van der Waals surface area contributed by atoms with Crippen LogP contribution in [0.2, 0.25) is 0 Å². The largest absolute Gasteiger partial charge is 0.476 e. The zero-order chi connectivity index (χ0) is 14.2. The maximum absolute atomic E-state index is 5.75. The van der Waals surface area contributed by atoms with Crippen molar-refractivity contribution >= 4 is 0 Å². The van der Waals surface area contributed by atoms with Crippen LogP contribution in [-0.4, -0.2) is 22.8 Å². The van der Waals surface area contributed by atoms with E-state index in [-0.39, 0.29) is 0 Å². The molecule has 1 atom stereocenters. The molecule has 0 amide bonds. The van der Waals surface area contributed by atoms with E-state index < -0.39 is 0 Å². The summed E-state index contributed by atoms with van der Waals surface area (Å²) in [7, 11) is 0. The fourth-order valence-electron chi connectivity index (χ4n) is 2.16. The number of nitrogens with zero attached hydrogens (tertiary/aromatic N) is 2. The van der Waals surface area contributed by atoms with Gasteiger partial charge in [0.05, 0.1) is 12.3 Å². The van der Waals surface area contributed by atoms with Crippen molar-refractivity contribution in [3.8, 4) is 5.88 Å². The minimum atomic E-state index is 0.632. The third-order valence-corrected chi connectivity index (χ3v) is 3.85. The van der Waals surface area contributed by atoms with Crippen molar-refractivity contribution in [3.05, 3.63) is 17.8 Å². The third kappa shape index (κ3) is 5.45. The Balaban J connectivity index is 1.71. The average molecular weight is 277 g/mol. The van der Waals surface area contributed by atoms with Gasteiger partial charge in [-0.05, 0) is 31.2 Å². The van der Waals surface area contributed by atoms with E-state index in [0.29, 0.717) is 17.8 Å². The summed E-state index contributed by atoms with van der Waals surface area (Å²) in [4.78, 5) is 0. The normalized spacial score (nSPS) is 16.1. The summed E-state index contributed by atoms with van der Waals surface area (Å²) in [6.07, 6.45) is 7.52. The lowest BCUT2D eigenvalue weighted by molar-refractivity contribution is 0.223. The van der Waals surface area contributed by atoms with Crippen molar-refractivity contribution in [2.75, 3.05) is 6.61 Å². The maximum Gasteiger partial charge on any atom is 0.233 e. The number of aromatic nitrogens is 2. The first kappa shape index (κ1) is 15.2. The number of hydrogen-bond acceptors (Lipinski definition) is 4. The van der Waals surface area contributed by atoms with E-state index in [0.717, 1.165) is 25.3 Å². The van der Waals surface area contributed by atoms with Gasteiger partial charge < -0.3 is 10.1 Å². The summed E-state index contributed by atoms with van der Waals surface area (Å²) in [5.74, 6) is 1.28. The van der Waals surface area contributed by atoms with Crippen molar-refractivity contribution < 1.29 is 4.74 Å². The standard InChI is InChI=1S/C16H27N3O/c1-3-5-6-13(4-2)12-20-16-10-9-15(18-19-16)11-17-14-7-8-14/h9-10,13-14,17H,3-8,11-12H2,1-2H3. The monoisotopic (exact) mass is 277 g/mol. The molecule has 0 radical (unpaired) electrons. The molecule has 2 rings (SSSR count). The van der Waals surface area contributed by atoms with Crippen LogP contribution >= 0.6 is 0 Å². The summed E-state index contributed by atoms with van der Waals surface area (Å²) in [5.41, 5.74) is 0.988. The van der Waals surface area contributed by atoms with E-state index in [1.807, 2.05) is 12.1 Å². The van der Waals surface area contributed by atoms with E-state index in [9.17, 15) is 0 Å². The van der Waals surface area contributed by atoms with Crippen LogP contribution in [0.15, 0.2) is 12.1 Å². The highest BCUT2D eigenvalue weighted by molar-refractivity contribution is 5.11. The van der Waals surface area contributed by atoms with Gasteiger partial charge in [-0.3, -0.25) is 0 Å². The van der Waals surface area contributed by atoms with Gasteiger partial charge in [-0.25, -0.2) is 0 Å². The highest BCUT2D eigenvalue weighted by Crippen LogP contribution is 2.19. The van der Waals surface area contributed by atoms with Gasteiger partial charge in [0.1, 0.15) is 0 Å². The Kier molecular flexibility index (Phi) is 6.25. The minimum absolute atomic E-state index is 0.632. The van der Waals surface area contributed by atoms with Crippen molar-refractivity contribution in [2.45, 2.75) is 65.0 Å². The predicted octanol–water partition coefficient (Wildman–Crippen LogP) is 3.32. The predicted molar refractivity (Wildman–Crippen MR) is 80.7 cm³/mol. The van der Waals surface area contributed by atoms with Crippen molar-refractivity contribution in [2.24, 2.45) is 5.92 Å². The Bertz CT molecular complexity index is 376. The van der Waals surface area contributed by atoms with Gasteiger partial charge in [-0.1, -0.05) is 33.1 Å². The Labute approximate surface area is 122 Å². The molecule has 1 heterocycles. The first-order chi connectivity index (χ1) is 9.81. The second kappa shape index (κ2) is 8.20. The molecule has 4 heteroatoms. The molecule has 1 aliphatic carbocycles. The summed E-state index contributed by atoms with van der Waals surface area (Å²) in [6, 6.07) is 4.64. The minimum Gasteiger partial charge on any atom is -0.476 e. The molecule has 112 valence electrons. The Morgan fingerprint density at radius 1 is 1.30 bits per heavy atom. The van der Waals surface area contributed by atoms with Crippen LogP contribution < -0.4 is 10.1 Å². The second-order valence-corrected chi connectivity index (χ2v) is 5.75. The average Bonchev–Trinajstić information content (AvgIpc) is 3.31. The molecule has 20 heavy (non-hydrogen) atoms. The molecule has 1 aliphatic rings. The highest BCUT2D eigenvalue weighted by atomic mass is 16.5. The molecule has 1 fully saturated rings. The van der Waals surface area contributed by atoms with Crippen LogP contribution in [0.1, 0.15) is 58.1 Å². The van der Waals surface area contributed by atoms with Crippen LogP contribution in [0.4, 0.5) is 0 Å². The van der Waals surface area contributed by atoms with Gasteiger partial charge in [0.15, 0.2) is 0 Å². The highest BCUT2D eigenvalue weighted by Gasteiger charge is 2.20. The van der Waals surface area contributed by atoms with Gasteiger partial charge in [-0.15, -0.1) is 5.10 Å². The van der Waals surface area contributed by atoms with E-state index >= 15 is 0 Å². The topological polar surface area (TPSA) is 47.0 Å². The van der Waals surface area contributed by atoms with Gasteiger partial charge in [-0.2, -0.15) is 5.10 Å². The summed E-state index contributed by atoms with van der Waals surface area (Å²) >= 11 is 0. The molecule has 0 bridgehead atoms. The quantitative estimate of drug-likeness (QED) is 0.712. The molecule has 1 aromatic rings. The smallest absolute Gasteiger partial charge is 0.233 e. The van der Waals surface area contributed by atoms with Crippen molar-refractivity contribution in [1.29, 1.82) is 0 Å². The fourth-order valence-corrected chi connectivity index (χ4v) is 2.16. The van der Waals surface area contributed by atoms with E-state index in [1.54, 1.807) is 0 Å². The number of rotatable bonds is 10. The Morgan fingerprint density at radius 3 is 2.75 bits per heavy atom. The van der Waals surface area contributed by atoms with Crippen LogP contribution in [0.5, 0.6) is 5.88 Å². The zero-order valence-corrected chi connectivity index (χ0v) is 12.8. The van der Waals surface area contributed by atoms with E-state index in [4.69, 9.17) is 4.74 Å². The molecule has 1 unspecified atom stereocenters. The molecular weight excluding hydrogens is 250 g/mol. The Hall–Kier alpha value is -1.16. The molecule has 4 nitrogen and oxygen atoms in total. The summed E-state index contributed by atoms with van der Waals surface area (Å²) < 4.78 is 5.75. The van der Waals surface area contributed by atoms with Gasteiger partial charge in [0.2, 0.25) is 5.88 Å².